The van der Waals surface area contributed by atoms with E-state index < -0.39 is 6.04 Å². The van der Waals surface area contributed by atoms with Crippen molar-refractivity contribution < 1.29 is 9.53 Å². The van der Waals surface area contributed by atoms with Crippen LogP contribution in [0.2, 0.25) is 0 Å². The number of benzene rings is 2. The second-order valence-electron chi connectivity index (χ2n) is 7.50. The fourth-order valence-corrected chi connectivity index (χ4v) is 4.32. The molecule has 4 rings (SSSR count). The van der Waals surface area contributed by atoms with Crippen molar-refractivity contribution in [3.8, 4) is 0 Å². The molecular weight excluding hydrogens is 472 g/mol. The first-order valence-corrected chi connectivity index (χ1v) is 11.1. The number of halogens is 1. The number of ether oxygens (including phenoxy) is 1. The molecular formula is C24H23BrN4O3. The molecule has 0 spiro atoms. The van der Waals surface area contributed by atoms with Gasteiger partial charge in [0.25, 0.3) is 5.56 Å². The molecule has 1 atom stereocenters. The molecule has 0 unspecified atom stereocenters. The van der Waals surface area contributed by atoms with Crippen molar-refractivity contribution in [1.82, 2.24) is 14.2 Å². The van der Waals surface area contributed by atoms with Crippen LogP contribution in [0.15, 0.2) is 56.8 Å². The molecule has 7 nitrogen and oxygen atoms in total. The third-order valence-corrected chi connectivity index (χ3v) is 5.99. The Kier molecular flexibility index (Phi) is 5.97. The zero-order valence-corrected chi connectivity index (χ0v) is 19.9. The maximum atomic E-state index is 13.1. The number of carbonyl (C=O) groups excluding carboxylic acids is 1. The minimum Gasteiger partial charge on any atom is -0.464 e. The molecule has 2 aromatic heterocycles. The second kappa shape index (κ2) is 8.70. The lowest BCUT2D eigenvalue weighted by Gasteiger charge is -2.16. The van der Waals surface area contributed by atoms with Crippen molar-refractivity contribution in [1.29, 1.82) is 0 Å². The minimum atomic E-state index is -0.494. The van der Waals surface area contributed by atoms with Crippen LogP contribution in [0.4, 0.5) is 0 Å². The summed E-state index contributed by atoms with van der Waals surface area (Å²) >= 11 is 3.41. The van der Waals surface area contributed by atoms with Crippen molar-refractivity contribution in [2.75, 3.05) is 6.61 Å². The summed E-state index contributed by atoms with van der Waals surface area (Å²) in [5.74, 6) is 0.193. The summed E-state index contributed by atoms with van der Waals surface area (Å²) < 4.78 is 9.28. The molecule has 0 radical (unpaired) electrons. The van der Waals surface area contributed by atoms with Crippen LogP contribution in [0.3, 0.4) is 0 Å². The van der Waals surface area contributed by atoms with Gasteiger partial charge in [-0.2, -0.15) is 9.78 Å². The van der Waals surface area contributed by atoms with E-state index in [1.54, 1.807) is 32.2 Å². The van der Waals surface area contributed by atoms with Crippen LogP contribution in [-0.4, -0.2) is 33.0 Å². The molecule has 0 saturated heterocycles. The molecule has 0 aliphatic heterocycles. The van der Waals surface area contributed by atoms with Gasteiger partial charge >= 0.3 is 5.97 Å². The molecule has 0 bridgehead atoms. The molecule has 0 N–H and O–H groups in total. The molecule has 164 valence electrons. The third-order valence-electron chi connectivity index (χ3n) is 5.49. The van der Waals surface area contributed by atoms with E-state index in [1.807, 2.05) is 48.7 Å². The van der Waals surface area contributed by atoms with Crippen LogP contribution >= 0.6 is 15.9 Å². The Bertz CT molecular complexity index is 1430. The van der Waals surface area contributed by atoms with Crippen LogP contribution in [0, 0.1) is 13.8 Å². The molecule has 2 aromatic carbocycles. The number of aromatic nitrogens is 3. The predicted octanol–water partition coefficient (Wildman–Crippen LogP) is 4.74. The van der Waals surface area contributed by atoms with Gasteiger partial charge < -0.3 is 9.30 Å². The van der Waals surface area contributed by atoms with Crippen LogP contribution in [0.5, 0.6) is 0 Å². The summed E-state index contributed by atoms with van der Waals surface area (Å²) in [6, 6.07) is 12.7. The number of hydrogen-bond donors (Lipinski definition) is 0. The molecule has 2 heterocycles. The van der Waals surface area contributed by atoms with E-state index >= 15 is 0 Å². The smallest absolute Gasteiger partial charge is 0.328 e. The molecule has 0 amide bonds. The number of fused-ring (bicyclic) bond motifs is 2. The van der Waals surface area contributed by atoms with E-state index in [0.717, 1.165) is 26.6 Å². The lowest BCUT2D eigenvalue weighted by atomic mass is 10.1. The highest BCUT2D eigenvalue weighted by molar-refractivity contribution is 9.10. The number of esters is 1. The first kappa shape index (κ1) is 22.0. The highest BCUT2D eigenvalue weighted by atomic mass is 79.9. The highest BCUT2D eigenvalue weighted by Gasteiger charge is 2.22. The Hall–Kier alpha value is -3.26. The van der Waals surface area contributed by atoms with Crippen LogP contribution in [0.25, 0.3) is 21.8 Å². The first-order valence-electron chi connectivity index (χ1n) is 10.3. The maximum Gasteiger partial charge on any atom is 0.328 e. The highest BCUT2D eigenvalue weighted by Crippen LogP contribution is 2.28. The second-order valence-corrected chi connectivity index (χ2v) is 8.41. The summed E-state index contributed by atoms with van der Waals surface area (Å²) in [6.45, 7) is 7.61. The number of para-hydroxylation sites is 1. The van der Waals surface area contributed by atoms with Gasteiger partial charge in [-0.1, -0.05) is 34.1 Å². The molecule has 8 heteroatoms. The van der Waals surface area contributed by atoms with Crippen LogP contribution < -0.4 is 5.56 Å². The van der Waals surface area contributed by atoms with Gasteiger partial charge in [0.2, 0.25) is 0 Å². The van der Waals surface area contributed by atoms with Crippen LogP contribution in [-0.2, 0) is 9.53 Å². The number of aryl methyl sites for hydroxylation is 1. The molecule has 0 saturated carbocycles. The largest absolute Gasteiger partial charge is 0.464 e. The SMILES string of the molecule is CCOC(=O)[C@H](C)n1c(C)c(C=Nn2c(C)nc3ccc(Br)cc3c2=O)c2ccccc21. The number of hydrogen-bond acceptors (Lipinski definition) is 5. The molecule has 0 aliphatic carbocycles. The van der Waals surface area contributed by atoms with Crippen molar-refractivity contribution in [2.24, 2.45) is 5.10 Å². The summed E-state index contributed by atoms with van der Waals surface area (Å²) in [7, 11) is 0. The maximum absolute atomic E-state index is 13.1. The van der Waals surface area contributed by atoms with Gasteiger partial charge in [-0.05, 0) is 52.0 Å². The summed E-state index contributed by atoms with van der Waals surface area (Å²) in [5, 5.41) is 5.91. The Morgan fingerprint density at radius 2 is 1.97 bits per heavy atom. The summed E-state index contributed by atoms with van der Waals surface area (Å²) in [6.07, 6.45) is 1.66. The topological polar surface area (TPSA) is 78.5 Å². The standard InChI is InChI=1S/C24H23BrN4O3/c1-5-32-24(31)15(3)28-14(2)20(18-8-6-7-9-22(18)28)13-26-29-16(4)27-21-11-10-17(25)12-19(21)23(29)30/h6-13,15H,5H2,1-4H3/t15-/m0/s1. The number of rotatable bonds is 5. The van der Waals surface area contributed by atoms with Crippen molar-refractivity contribution in [3.63, 3.8) is 0 Å². The number of carbonyl (C=O) groups is 1. The Balaban J connectivity index is 1.86. The monoisotopic (exact) mass is 494 g/mol. The summed E-state index contributed by atoms with van der Waals surface area (Å²) in [4.78, 5) is 30.0. The molecule has 0 aliphatic rings. The fourth-order valence-electron chi connectivity index (χ4n) is 3.96. The van der Waals surface area contributed by atoms with E-state index in [0.29, 0.717) is 23.3 Å². The lowest BCUT2D eigenvalue weighted by molar-refractivity contribution is -0.146. The van der Waals surface area contributed by atoms with Gasteiger partial charge in [0.1, 0.15) is 11.9 Å². The number of nitrogens with zero attached hydrogens (tertiary/aromatic N) is 4. The van der Waals surface area contributed by atoms with E-state index in [1.165, 1.54) is 4.68 Å². The predicted molar refractivity (Wildman–Crippen MR) is 129 cm³/mol. The van der Waals surface area contributed by atoms with E-state index in [2.05, 4.69) is 26.0 Å². The Morgan fingerprint density at radius 1 is 1.22 bits per heavy atom. The van der Waals surface area contributed by atoms with Gasteiger partial charge in [0.15, 0.2) is 0 Å². The average Bonchev–Trinajstić information content (AvgIpc) is 3.05. The van der Waals surface area contributed by atoms with Gasteiger partial charge in [-0.25, -0.2) is 9.78 Å². The molecule has 4 aromatic rings. The fraction of sp³-hybridized carbons (Fsp3) is 0.250. The van der Waals surface area contributed by atoms with Crippen LogP contribution in [0.1, 0.15) is 37.0 Å². The van der Waals surface area contributed by atoms with Crippen molar-refractivity contribution in [3.05, 3.63) is 74.4 Å². The minimum absolute atomic E-state index is 0.244. The van der Waals surface area contributed by atoms with Gasteiger partial charge in [-0.3, -0.25) is 4.79 Å². The van der Waals surface area contributed by atoms with Gasteiger partial charge in [0.05, 0.1) is 23.7 Å². The summed E-state index contributed by atoms with van der Waals surface area (Å²) in [5.41, 5.74) is 2.97. The first-order chi connectivity index (χ1) is 15.3. The molecule has 32 heavy (non-hydrogen) atoms. The average molecular weight is 495 g/mol. The zero-order chi connectivity index (χ0) is 23.0. The Morgan fingerprint density at radius 3 is 2.72 bits per heavy atom. The van der Waals surface area contributed by atoms with Gasteiger partial charge in [0, 0.05) is 26.6 Å². The zero-order valence-electron chi connectivity index (χ0n) is 18.3. The van der Waals surface area contributed by atoms with E-state index in [-0.39, 0.29) is 11.5 Å². The quantitative estimate of drug-likeness (QED) is 0.296. The normalized spacial score (nSPS) is 12.7. The van der Waals surface area contributed by atoms with E-state index in [9.17, 15) is 9.59 Å². The van der Waals surface area contributed by atoms with Crippen molar-refractivity contribution >= 4 is 49.9 Å². The van der Waals surface area contributed by atoms with Gasteiger partial charge in [-0.15, -0.1) is 0 Å². The van der Waals surface area contributed by atoms with Crippen molar-refractivity contribution in [2.45, 2.75) is 33.7 Å². The Labute approximate surface area is 193 Å². The molecule has 0 fully saturated rings. The lowest BCUT2D eigenvalue weighted by Crippen LogP contribution is -2.21. The third kappa shape index (κ3) is 3.75. The van der Waals surface area contributed by atoms with E-state index in [4.69, 9.17) is 4.74 Å².